The van der Waals surface area contributed by atoms with Crippen molar-refractivity contribution in [2.75, 3.05) is 20.8 Å². The van der Waals surface area contributed by atoms with Crippen molar-refractivity contribution in [3.05, 3.63) is 77.1 Å². The van der Waals surface area contributed by atoms with E-state index < -0.39 is 0 Å². The SMILES string of the molecule is COc1ccc(Cc2cn(C3CCCO3)nc2Cc2ccc(OC)cc2)cc1. The van der Waals surface area contributed by atoms with E-state index in [0.29, 0.717) is 0 Å². The average molecular weight is 378 g/mol. The van der Waals surface area contributed by atoms with E-state index in [1.165, 1.54) is 16.7 Å². The van der Waals surface area contributed by atoms with E-state index in [-0.39, 0.29) is 6.23 Å². The van der Waals surface area contributed by atoms with Gasteiger partial charge in [0.2, 0.25) is 0 Å². The minimum absolute atomic E-state index is 0.0548. The first-order chi connectivity index (χ1) is 13.7. The quantitative estimate of drug-likeness (QED) is 0.612. The van der Waals surface area contributed by atoms with Gasteiger partial charge in [0.1, 0.15) is 17.7 Å². The molecule has 0 saturated carbocycles. The summed E-state index contributed by atoms with van der Waals surface area (Å²) in [5, 5.41) is 4.90. The number of rotatable bonds is 7. The molecule has 1 aromatic heterocycles. The van der Waals surface area contributed by atoms with Crippen LogP contribution in [0.1, 0.15) is 41.5 Å². The molecule has 28 heavy (non-hydrogen) atoms. The molecule has 3 aromatic rings. The number of aromatic nitrogens is 2. The Morgan fingerprint density at radius 3 is 2.07 bits per heavy atom. The predicted molar refractivity (Wildman–Crippen MR) is 108 cm³/mol. The molecule has 0 radical (unpaired) electrons. The van der Waals surface area contributed by atoms with Crippen molar-refractivity contribution in [1.82, 2.24) is 9.78 Å². The van der Waals surface area contributed by atoms with Crippen LogP contribution in [0.2, 0.25) is 0 Å². The maximum atomic E-state index is 5.84. The fraction of sp³-hybridized carbons (Fsp3) is 0.348. The Hall–Kier alpha value is -2.79. The summed E-state index contributed by atoms with van der Waals surface area (Å²) < 4.78 is 18.4. The Bertz CT molecular complexity index is 828. The third kappa shape index (κ3) is 4.20. The van der Waals surface area contributed by atoms with Crippen LogP contribution in [-0.2, 0) is 17.6 Å². The summed E-state index contributed by atoms with van der Waals surface area (Å²) in [4.78, 5) is 0. The number of ether oxygens (including phenoxy) is 3. The first kappa shape index (κ1) is 18.6. The zero-order valence-electron chi connectivity index (χ0n) is 16.4. The van der Waals surface area contributed by atoms with Crippen LogP contribution in [0.3, 0.4) is 0 Å². The van der Waals surface area contributed by atoms with E-state index >= 15 is 0 Å². The van der Waals surface area contributed by atoms with Gasteiger partial charge in [-0.15, -0.1) is 0 Å². The molecule has 1 fully saturated rings. The molecular formula is C23H26N2O3. The van der Waals surface area contributed by atoms with Crippen LogP contribution in [-0.4, -0.2) is 30.6 Å². The van der Waals surface area contributed by atoms with Crippen LogP contribution < -0.4 is 9.47 Å². The number of benzene rings is 2. The Balaban J connectivity index is 1.59. The first-order valence-electron chi connectivity index (χ1n) is 9.69. The van der Waals surface area contributed by atoms with Gasteiger partial charge < -0.3 is 14.2 Å². The fourth-order valence-corrected chi connectivity index (χ4v) is 3.58. The minimum Gasteiger partial charge on any atom is -0.497 e. The van der Waals surface area contributed by atoms with Crippen LogP contribution in [0.25, 0.3) is 0 Å². The van der Waals surface area contributed by atoms with E-state index in [2.05, 4.69) is 30.5 Å². The smallest absolute Gasteiger partial charge is 0.150 e. The van der Waals surface area contributed by atoms with Gasteiger partial charge in [-0.25, -0.2) is 4.68 Å². The Kier molecular flexibility index (Phi) is 5.63. The van der Waals surface area contributed by atoms with E-state index in [0.717, 1.165) is 49.5 Å². The molecule has 0 amide bonds. The molecule has 1 saturated heterocycles. The molecular weight excluding hydrogens is 352 g/mol. The first-order valence-corrected chi connectivity index (χ1v) is 9.69. The van der Waals surface area contributed by atoms with Crippen molar-refractivity contribution >= 4 is 0 Å². The van der Waals surface area contributed by atoms with Gasteiger partial charge in [0.15, 0.2) is 0 Å². The van der Waals surface area contributed by atoms with Gasteiger partial charge in [0.25, 0.3) is 0 Å². The summed E-state index contributed by atoms with van der Waals surface area (Å²) in [5.41, 5.74) is 4.78. The van der Waals surface area contributed by atoms with Crippen molar-refractivity contribution in [2.24, 2.45) is 0 Å². The van der Waals surface area contributed by atoms with Crippen molar-refractivity contribution in [3.63, 3.8) is 0 Å². The molecule has 1 aliphatic heterocycles. The largest absolute Gasteiger partial charge is 0.497 e. The molecule has 0 N–H and O–H groups in total. The predicted octanol–water partition coefficient (Wildman–Crippen LogP) is 4.39. The lowest BCUT2D eigenvalue weighted by Crippen LogP contribution is -2.08. The Labute approximate surface area is 165 Å². The highest BCUT2D eigenvalue weighted by Gasteiger charge is 2.20. The van der Waals surface area contributed by atoms with Gasteiger partial charge in [-0.1, -0.05) is 24.3 Å². The second-order valence-electron chi connectivity index (χ2n) is 7.10. The summed E-state index contributed by atoms with van der Waals surface area (Å²) >= 11 is 0. The van der Waals surface area contributed by atoms with Crippen LogP contribution in [0.15, 0.2) is 54.7 Å². The van der Waals surface area contributed by atoms with Gasteiger partial charge in [-0.05, 0) is 53.8 Å². The van der Waals surface area contributed by atoms with Crippen molar-refractivity contribution in [1.29, 1.82) is 0 Å². The zero-order valence-corrected chi connectivity index (χ0v) is 16.4. The van der Waals surface area contributed by atoms with Crippen LogP contribution >= 0.6 is 0 Å². The molecule has 4 rings (SSSR count). The van der Waals surface area contributed by atoms with E-state index in [1.54, 1.807) is 14.2 Å². The van der Waals surface area contributed by atoms with Gasteiger partial charge in [0.05, 0.1) is 19.9 Å². The maximum Gasteiger partial charge on any atom is 0.150 e. The molecule has 1 unspecified atom stereocenters. The van der Waals surface area contributed by atoms with Crippen LogP contribution in [0, 0.1) is 0 Å². The highest BCUT2D eigenvalue weighted by Crippen LogP contribution is 2.26. The molecule has 2 heterocycles. The summed E-state index contributed by atoms with van der Waals surface area (Å²) in [5.74, 6) is 1.74. The second-order valence-corrected chi connectivity index (χ2v) is 7.10. The van der Waals surface area contributed by atoms with Crippen LogP contribution in [0.5, 0.6) is 11.5 Å². The monoisotopic (exact) mass is 378 g/mol. The van der Waals surface area contributed by atoms with Gasteiger partial charge in [-0.2, -0.15) is 5.10 Å². The lowest BCUT2D eigenvalue weighted by atomic mass is 10.0. The van der Waals surface area contributed by atoms with Gasteiger partial charge in [0, 0.05) is 25.6 Å². The minimum atomic E-state index is 0.0548. The molecule has 1 aliphatic rings. The van der Waals surface area contributed by atoms with Gasteiger partial charge in [-0.3, -0.25) is 0 Å². The molecule has 0 bridgehead atoms. The lowest BCUT2D eigenvalue weighted by molar-refractivity contribution is 0.0464. The van der Waals surface area contributed by atoms with Crippen LogP contribution in [0.4, 0.5) is 0 Å². The second kappa shape index (κ2) is 8.48. The average Bonchev–Trinajstić information content (AvgIpc) is 3.40. The van der Waals surface area contributed by atoms with Crippen molar-refractivity contribution in [2.45, 2.75) is 31.9 Å². The summed E-state index contributed by atoms with van der Waals surface area (Å²) in [6.45, 7) is 0.812. The molecule has 0 aliphatic carbocycles. The van der Waals surface area contributed by atoms with E-state index in [9.17, 15) is 0 Å². The van der Waals surface area contributed by atoms with E-state index in [4.69, 9.17) is 19.3 Å². The molecule has 0 spiro atoms. The molecule has 146 valence electrons. The number of methoxy groups -OCH3 is 2. The summed E-state index contributed by atoms with van der Waals surface area (Å²) in [6, 6.07) is 16.4. The molecule has 5 heteroatoms. The Morgan fingerprint density at radius 1 is 0.929 bits per heavy atom. The third-order valence-electron chi connectivity index (χ3n) is 5.18. The highest BCUT2D eigenvalue weighted by atomic mass is 16.5. The van der Waals surface area contributed by atoms with E-state index in [1.807, 2.05) is 28.9 Å². The normalized spacial score (nSPS) is 16.3. The third-order valence-corrected chi connectivity index (χ3v) is 5.18. The number of hydrogen-bond donors (Lipinski definition) is 0. The summed E-state index contributed by atoms with van der Waals surface area (Å²) in [6.07, 6.45) is 5.94. The highest BCUT2D eigenvalue weighted by molar-refractivity contribution is 5.35. The van der Waals surface area contributed by atoms with Gasteiger partial charge >= 0.3 is 0 Å². The number of nitrogens with zero attached hydrogens (tertiary/aromatic N) is 2. The number of hydrogen-bond acceptors (Lipinski definition) is 4. The van der Waals surface area contributed by atoms with Crippen molar-refractivity contribution < 1.29 is 14.2 Å². The molecule has 5 nitrogen and oxygen atoms in total. The Morgan fingerprint density at radius 2 is 1.54 bits per heavy atom. The maximum absolute atomic E-state index is 5.84. The zero-order chi connectivity index (χ0) is 19.3. The molecule has 1 atom stereocenters. The topological polar surface area (TPSA) is 45.5 Å². The van der Waals surface area contributed by atoms with Crippen molar-refractivity contribution in [3.8, 4) is 11.5 Å². The summed E-state index contributed by atoms with van der Waals surface area (Å²) in [7, 11) is 3.37. The molecule has 2 aromatic carbocycles. The standard InChI is InChI=1S/C23H26N2O3/c1-26-20-9-5-17(6-10-20)14-19-16-25(23-4-3-13-28-23)24-22(19)15-18-7-11-21(27-2)12-8-18/h5-12,16,23H,3-4,13-15H2,1-2H3. The lowest BCUT2D eigenvalue weighted by Gasteiger charge is -2.09. The fourth-order valence-electron chi connectivity index (χ4n) is 3.58.